The van der Waals surface area contributed by atoms with Gasteiger partial charge in [-0.2, -0.15) is 0 Å². The molecule has 4 rings (SSSR count). The first-order valence-corrected chi connectivity index (χ1v) is 9.89. The number of hydrogen-bond acceptors (Lipinski definition) is 5. The third-order valence-corrected chi connectivity index (χ3v) is 6.60. The average molecular weight is 362 g/mol. The molecule has 1 spiro atoms. The number of likely N-dealkylation sites (tertiary alicyclic amines) is 2. The second-order valence-corrected chi connectivity index (χ2v) is 8.26. The zero-order valence-corrected chi connectivity index (χ0v) is 15.9. The fourth-order valence-electron chi connectivity index (χ4n) is 5.08. The number of nitrogens with zero attached hydrogens (tertiary/aromatic N) is 2. The van der Waals surface area contributed by atoms with Gasteiger partial charge in [-0.3, -0.25) is 5.43 Å². The lowest BCUT2D eigenvalue weighted by molar-refractivity contribution is 0.221. The van der Waals surface area contributed by atoms with E-state index in [0.717, 1.165) is 18.7 Å². The van der Waals surface area contributed by atoms with Crippen LogP contribution in [0.2, 0.25) is 0 Å². The zero-order chi connectivity index (χ0) is 18.1. The number of hydrazine groups is 1. The molecule has 3 aliphatic heterocycles. The molecular weight excluding hydrogens is 331 g/mol. The van der Waals surface area contributed by atoms with E-state index in [4.69, 9.17) is 4.74 Å². The van der Waals surface area contributed by atoms with Gasteiger partial charge in [0.15, 0.2) is 11.6 Å². The Kier molecular flexibility index (Phi) is 5.19. The van der Waals surface area contributed by atoms with E-state index in [9.17, 15) is 4.39 Å². The van der Waals surface area contributed by atoms with Gasteiger partial charge in [0, 0.05) is 32.1 Å². The predicted octanol–water partition coefficient (Wildman–Crippen LogP) is 2.02. The molecule has 0 aliphatic carbocycles. The monoisotopic (exact) mass is 362 g/mol. The summed E-state index contributed by atoms with van der Waals surface area (Å²) in [4.78, 5) is 5.22. The molecule has 144 valence electrons. The molecule has 3 atom stereocenters. The predicted molar refractivity (Wildman–Crippen MR) is 101 cm³/mol. The van der Waals surface area contributed by atoms with Crippen molar-refractivity contribution in [3.05, 3.63) is 29.6 Å². The minimum Gasteiger partial charge on any atom is -0.494 e. The summed E-state index contributed by atoms with van der Waals surface area (Å²) in [5.74, 6) is 0.462. The van der Waals surface area contributed by atoms with E-state index in [2.05, 4.69) is 27.6 Å². The third-order valence-electron chi connectivity index (χ3n) is 6.60. The van der Waals surface area contributed by atoms with Crippen molar-refractivity contribution in [1.82, 2.24) is 20.7 Å². The summed E-state index contributed by atoms with van der Waals surface area (Å²) in [5.41, 5.74) is 8.13. The van der Waals surface area contributed by atoms with Crippen molar-refractivity contribution in [2.24, 2.45) is 11.3 Å². The van der Waals surface area contributed by atoms with Gasteiger partial charge in [-0.05, 0) is 55.6 Å². The highest BCUT2D eigenvalue weighted by atomic mass is 19.1. The van der Waals surface area contributed by atoms with Gasteiger partial charge in [0.25, 0.3) is 0 Å². The maximum absolute atomic E-state index is 14.1. The van der Waals surface area contributed by atoms with Gasteiger partial charge >= 0.3 is 0 Å². The molecule has 3 heterocycles. The Morgan fingerprint density at radius 3 is 2.69 bits per heavy atom. The largest absolute Gasteiger partial charge is 0.494 e. The molecule has 2 N–H and O–H groups in total. The normalized spacial score (nSPS) is 32.7. The molecule has 6 heteroatoms. The summed E-state index contributed by atoms with van der Waals surface area (Å²) in [6.45, 7) is 10.3. The van der Waals surface area contributed by atoms with Gasteiger partial charge in [-0.25, -0.2) is 9.82 Å². The summed E-state index contributed by atoms with van der Waals surface area (Å²) < 4.78 is 19.2. The number of hydrogen-bond donors (Lipinski definition) is 2. The summed E-state index contributed by atoms with van der Waals surface area (Å²) in [6.07, 6.45) is 2.66. The SMILES string of the molecule is CCN1CCC2(CCN(CC3CNNC3c3ccc(OC)c(F)c3)C2)C1. The van der Waals surface area contributed by atoms with Crippen molar-refractivity contribution in [3.8, 4) is 5.75 Å². The Labute approximate surface area is 155 Å². The lowest BCUT2D eigenvalue weighted by Gasteiger charge is -2.27. The summed E-state index contributed by atoms with van der Waals surface area (Å²) in [6, 6.07) is 5.45. The van der Waals surface area contributed by atoms with Crippen LogP contribution in [0, 0.1) is 17.2 Å². The summed E-state index contributed by atoms with van der Waals surface area (Å²) >= 11 is 0. The highest BCUT2D eigenvalue weighted by Crippen LogP contribution is 2.40. The molecule has 0 radical (unpaired) electrons. The van der Waals surface area contributed by atoms with Crippen LogP contribution in [0.4, 0.5) is 4.39 Å². The Balaban J connectivity index is 1.40. The highest BCUT2D eigenvalue weighted by Gasteiger charge is 2.44. The van der Waals surface area contributed by atoms with Crippen LogP contribution < -0.4 is 15.6 Å². The molecule has 3 saturated heterocycles. The van der Waals surface area contributed by atoms with Gasteiger partial charge < -0.3 is 14.5 Å². The van der Waals surface area contributed by atoms with E-state index in [1.54, 1.807) is 12.1 Å². The number of halogens is 1. The first kappa shape index (κ1) is 18.2. The van der Waals surface area contributed by atoms with Crippen molar-refractivity contribution < 1.29 is 9.13 Å². The molecule has 0 bridgehead atoms. The quantitative estimate of drug-likeness (QED) is 0.839. The topological polar surface area (TPSA) is 39.8 Å². The maximum atomic E-state index is 14.1. The summed E-state index contributed by atoms with van der Waals surface area (Å²) in [5, 5.41) is 0. The Morgan fingerprint density at radius 1 is 1.23 bits per heavy atom. The van der Waals surface area contributed by atoms with Crippen LogP contribution in [0.5, 0.6) is 5.75 Å². The van der Waals surface area contributed by atoms with Gasteiger partial charge in [-0.15, -0.1) is 0 Å². The minimum absolute atomic E-state index is 0.141. The minimum atomic E-state index is -0.289. The standard InChI is InChI=1S/C20H31FN4O/c1-3-24-8-6-20(13-24)7-9-25(14-20)12-16-11-22-23-19(16)15-4-5-18(26-2)17(21)10-15/h4-5,10,16,19,22-23H,3,6-9,11-14H2,1-2H3. The van der Waals surface area contributed by atoms with E-state index >= 15 is 0 Å². The van der Waals surface area contributed by atoms with Crippen LogP contribution in [0.25, 0.3) is 0 Å². The van der Waals surface area contributed by atoms with Crippen LogP contribution in [0.3, 0.4) is 0 Å². The Bertz CT molecular complexity index is 642. The molecule has 26 heavy (non-hydrogen) atoms. The van der Waals surface area contributed by atoms with Crippen molar-refractivity contribution in [2.45, 2.75) is 25.8 Å². The molecule has 1 aromatic rings. The van der Waals surface area contributed by atoms with Gasteiger partial charge in [0.1, 0.15) is 0 Å². The smallest absolute Gasteiger partial charge is 0.165 e. The first-order valence-electron chi connectivity index (χ1n) is 9.89. The summed E-state index contributed by atoms with van der Waals surface area (Å²) in [7, 11) is 1.50. The molecule has 1 aromatic carbocycles. The van der Waals surface area contributed by atoms with Gasteiger partial charge in [0.05, 0.1) is 13.2 Å². The van der Waals surface area contributed by atoms with E-state index in [1.807, 2.05) is 6.07 Å². The number of methoxy groups -OCH3 is 1. The van der Waals surface area contributed by atoms with E-state index in [-0.39, 0.29) is 11.9 Å². The van der Waals surface area contributed by atoms with Crippen molar-refractivity contribution in [1.29, 1.82) is 0 Å². The van der Waals surface area contributed by atoms with E-state index in [1.165, 1.54) is 52.7 Å². The van der Waals surface area contributed by atoms with Crippen LogP contribution in [0.1, 0.15) is 31.4 Å². The van der Waals surface area contributed by atoms with Gasteiger partial charge in [-0.1, -0.05) is 13.0 Å². The molecule has 3 fully saturated rings. The molecule has 3 aliphatic rings. The van der Waals surface area contributed by atoms with Crippen LogP contribution in [-0.4, -0.2) is 62.7 Å². The third kappa shape index (κ3) is 3.48. The molecule has 3 unspecified atom stereocenters. The lowest BCUT2D eigenvalue weighted by Crippen LogP contribution is -2.35. The van der Waals surface area contributed by atoms with Crippen molar-refractivity contribution in [2.75, 3.05) is 52.9 Å². The van der Waals surface area contributed by atoms with Crippen LogP contribution in [0.15, 0.2) is 18.2 Å². The number of rotatable bonds is 5. The van der Waals surface area contributed by atoms with Crippen molar-refractivity contribution >= 4 is 0 Å². The molecule has 0 amide bonds. The zero-order valence-electron chi connectivity index (χ0n) is 15.9. The second kappa shape index (κ2) is 7.43. The van der Waals surface area contributed by atoms with Crippen LogP contribution in [-0.2, 0) is 0 Å². The van der Waals surface area contributed by atoms with Crippen LogP contribution >= 0.6 is 0 Å². The lowest BCUT2D eigenvalue weighted by atomic mass is 9.86. The molecule has 5 nitrogen and oxygen atoms in total. The number of ether oxygens (including phenoxy) is 1. The Hall–Kier alpha value is -1.21. The molecule has 0 aromatic heterocycles. The van der Waals surface area contributed by atoms with E-state index < -0.39 is 0 Å². The first-order chi connectivity index (χ1) is 12.6. The molecule has 0 saturated carbocycles. The average Bonchev–Trinajstić information content (AvgIpc) is 3.36. The highest BCUT2D eigenvalue weighted by molar-refractivity contribution is 5.31. The number of nitrogens with one attached hydrogen (secondary N) is 2. The van der Waals surface area contributed by atoms with E-state index in [0.29, 0.717) is 17.1 Å². The van der Waals surface area contributed by atoms with Crippen molar-refractivity contribution in [3.63, 3.8) is 0 Å². The fourth-order valence-corrected chi connectivity index (χ4v) is 5.08. The van der Waals surface area contributed by atoms with Gasteiger partial charge in [0.2, 0.25) is 0 Å². The Morgan fingerprint density at radius 2 is 2.00 bits per heavy atom. The fraction of sp³-hybridized carbons (Fsp3) is 0.700. The maximum Gasteiger partial charge on any atom is 0.165 e. The molecular formula is C20H31FN4O. The number of benzene rings is 1. The second-order valence-electron chi connectivity index (χ2n) is 8.26.